The molecule has 10 nitrogen and oxygen atoms in total. The van der Waals surface area contributed by atoms with Gasteiger partial charge in [-0.2, -0.15) is 0 Å². The topological polar surface area (TPSA) is 143 Å². The first kappa shape index (κ1) is 28.6. The van der Waals surface area contributed by atoms with Gasteiger partial charge in [0, 0.05) is 10.7 Å². The van der Waals surface area contributed by atoms with Crippen LogP contribution in [0.3, 0.4) is 0 Å². The molecule has 0 aromatic carbocycles. The molecule has 2 aliphatic rings. The summed E-state index contributed by atoms with van der Waals surface area (Å²) >= 11 is 5.88. The van der Waals surface area contributed by atoms with E-state index in [4.69, 9.17) is 38.6 Å². The molecule has 0 aromatic rings. The Morgan fingerprint density at radius 2 is 0.933 bits per heavy atom. The highest BCUT2D eigenvalue weighted by molar-refractivity contribution is 9.09. The molecule has 6 unspecified atom stereocenters. The maximum atomic E-state index is 9.18. The highest BCUT2D eigenvalue weighted by atomic mass is 79.9. The van der Waals surface area contributed by atoms with E-state index in [9.17, 15) is 10.2 Å². The standard InChI is InChI=1S/C12H22O6.C6H12Br2O4/c1(13-3-5-15-7-11-9-17-11)2-14-4-6-16-8-12-10-18-12;7-1-3(9)5(11)6(12)4(10)2-8/h11-12H,1-10H2;3-6,9-12H,1-2H2. The molecule has 2 aliphatic heterocycles. The van der Waals surface area contributed by atoms with Crippen molar-refractivity contribution in [2.75, 3.05) is 76.7 Å². The Morgan fingerprint density at radius 1 is 0.633 bits per heavy atom. The highest BCUT2D eigenvalue weighted by Crippen LogP contribution is 2.09. The first-order valence-electron chi connectivity index (χ1n) is 9.87. The van der Waals surface area contributed by atoms with Crippen molar-refractivity contribution in [1.82, 2.24) is 0 Å². The summed E-state index contributed by atoms with van der Waals surface area (Å²) in [7, 11) is 0. The number of alkyl halides is 2. The van der Waals surface area contributed by atoms with E-state index in [1.165, 1.54) is 0 Å². The van der Waals surface area contributed by atoms with Gasteiger partial charge in [0.05, 0.1) is 78.3 Å². The summed E-state index contributed by atoms with van der Waals surface area (Å²) in [6, 6.07) is 0. The van der Waals surface area contributed by atoms with E-state index >= 15 is 0 Å². The van der Waals surface area contributed by atoms with E-state index in [2.05, 4.69) is 31.9 Å². The van der Waals surface area contributed by atoms with Crippen LogP contribution in [0.5, 0.6) is 0 Å². The molecule has 12 heteroatoms. The Hall–Kier alpha value is 0.560. The van der Waals surface area contributed by atoms with E-state index in [-0.39, 0.29) is 10.7 Å². The lowest BCUT2D eigenvalue weighted by Gasteiger charge is -2.24. The number of rotatable bonds is 18. The molecule has 0 aliphatic carbocycles. The van der Waals surface area contributed by atoms with E-state index in [1.807, 2.05) is 0 Å². The number of epoxide rings is 2. The minimum absolute atomic E-state index is 0.153. The van der Waals surface area contributed by atoms with Crippen molar-refractivity contribution in [3.05, 3.63) is 0 Å². The number of hydrogen-bond donors (Lipinski definition) is 4. The predicted molar refractivity (Wildman–Crippen MR) is 114 cm³/mol. The quantitative estimate of drug-likeness (QED) is 0.0928. The fraction of sp³-hybridized carbons (Fsp3) is 1.00. The zero-order chi connectivity index (χ0) is 22.2. The summed E-state index contributed by atoms with van der Waals surface area (Å²) in [4.78, 5) is 0. The third-order valence-corrected chi connectivity index (χ3v) is 5.31. The second-order valence-corrected chi connectivity index (χ2v) is 8.00. The second kappa shape index (κ2) is 18.0. The van der Waals surface area contributed by atoms with Gasteiger partial charge >= 0.3 is 0 Å². The van der Waals surface area contributed by atoms with Crippen LogP contribution in [-0.2, 0) is 28.4 Å². The van der Waals surface area contributed by atoms with Crippen LogP contribution in [0, 0.1) is 0 Å². The average molecular weight is 570 g/mol. The van der Waals surface area contributed by atoms with E-state index in [1.54, 1.807) is 0 Å². The van der Waals surface area contributed by atoms with Gasteiger partial charge < -0.3 is 48.8 Å². The van der Waals surface area contributed by atoms with Gasteiger partial charge in [-0.3, -0.25) is 0 Å². The van der Waals surface area contributed by atoms with Gasteiger partial charge in [-0.05, 0) is 0 Å². The number of ether oxygens (including phenoxy) is 6. The molecule has 0 radical (unpaired) electrons. The summed E-state index contributed by atoms with van der Waals surface area (Å²) in [5.74, 6) is 0. The maximum Gasteiger partial charge on any atom is 0.109 e. The summed E-state index contributed by atoms with van der Waals surface area (Å²) in [5, 5.41) is 36.8. The van der Waals surface area contributed by atoms with Gasteiger partial charge in [0.1, 0.15) is 24.4 Å². The Morgan fingerprint density at radius 3 is 1.20 bits per heavy atom. The van der Waals surface area contributed by atoms with Crippen LogP contribution in [0.1, 0.15) is 0 Å². The lowest BCUT2D eigenvalue weighted by atomic mass is 10.1. The predicted octanol–water partition coefficient (Wildman–Crippen LogP) is -0.930. The molecule has 0 spiro atoms. The van der Waals surface area contributed by atoms with Crippen molar-refractivity contribution in [1.29, 1.82) is 0 Å². The van der Waals surface area contributed by atoms with Crippen molar-refractivity contribution >= 4 is 31.9 Å². The van der Waals surface area contributed by atoms with Gasteiger partial charge in [-0.15, -0.1) is 0 Å². The molecule has 4 N–H and O–H groups in total. The minimum atomic E-state index is -1.34. The summed E-state index contributed by atoms with van der Waals surface area (Å²) in [5.41, 5.74) is 0. The van der Waals surface area contributed by atoms with Crippen LogP contribution in [-0.4, -0.2) is 134 Å². The molecule has 0 amide bonds. The first-order chi connectivity index (χ1) is 14.5. The second-order valence-electron chi connectivity index (χ2n) is 6.71. The fourth-order valence-corrected chi connectivity index (χ4v) is 2.72. The summed E-state index contributed by atoms with van der Waals surface area (Å²) in [6.07, 6.45) is -4.17. The molecule has 2 rings (SSSR count). The van der Waals surface area contributed by atoms with Gasteiger partial charge in [0.25, 0.3) is 0 Å². The minimum Gasteiger partial charge on any atom is -0.389 e. The van der Waals surface area contributed by atoms with Crippen molar-refractivity contribution in [2.24, 2.45) is 0 Å². The molecular weight excluding hydrogens is 536 g/mol. The third kappa shape index (κ3) is 15.4. The number of aliphatic hydroxyl groups is 4. The molecule has 2 saturated heterocycles. The zero-order valence-corrected chi connectivity index (χ0v) is 20.1. The number of halogens is 2. The monoisotopic (exact) mass is 568 g/mol. The lowest BCUT2D eigenvalue weighted by Crippen LogP contribution is -2.45. The molecule has 0 bridgehead atoms. The summed E-state index contributed by atoms with van der Waals surface area (Å²) in [6.45, 7) is 6.66. The van der Waals surface area contributed by atoms with Crippen molar-refractivity contribution in [2.45, 2.75) is 36.6 Å². The molecule has 180 valence electrons. The maximum absolute atomic E-state index is 9.18. The molecule has 6 atom stereocenters. The molecule has 30 heavy (non-hydrogen) atoms. The van der Waals surface area contributed by atoms with E-state index in [0.29, 0.717) is 65.1 Å². The average Bonchev–Trinajstić information content (AvgIpc) is 3.68. The smallest absolute Gasteiger partial charge is 0.109 e. The largest absolute Gasteiger partial charge is 0.389 e. The van der Waals surface area contributed by atoms with Gasteiger partial charge in [-0.1, -0.05) is 31.9 Å². The summed E-state index contributed by atoms with van der Waals surface area (Å²) < 4.78 is 31.4. The van der Waals surface area contributed by atoms with Gasteiger partial charge in [0.2, 0.25) is 0 Å². The molecule has 0 aromatic heterocycles. The van der Waals surface area contributed by atoms with Crippen LogP contribution in [0.2, 0.25) is 0 Å². The van der Waals surface area contributed by atoms with Gasteiger partial charge in [-0.25, -0.2) is 0 Å². The van der Waals surface area contributed by atoms with Crippen molar-refractivity contribution in [3.63, 3.8) is 0 Å². The Labute approximate surface area is 194 Å². The fourth-order valence-electron chi connectivity index (χ4n) is 1.95. The van der Waals surface area contributed by atoms with Crippen LogP contribution in [0.15, 0.2) is 0 Å². The van der Waals surface area contributed by atoms with Crippen LogP contribution in [0.25, 0.3) is 0 Å². The van der Waals surface area contributed by atoms with Crippen LogP contribution < -0.4 is 0 Å². The van der Waals surface area contributed by atoms with E-state index in [0.717, 1.165) is 13.2 Å². The Kier molecular flexibility index (Phi) is 17.2. The van der Waals surface area contributed by atoms with Crippen molar-refractivity contribution < 1.29 is 48.8 Å². The van der Waals surface area contributed by atoms with Gasteiger partial charge in [0.15, 0.2) is 0 Å². The molecule has 2 fully saturated rings. The SMILES string of the molecule is C(COCCOCC1CO1)OCCOCC1CO1.OC(CBr)C(O)C(O)C(O)CBr. The number of hydrogen-bond acceptors (Lipinski definition) is 10. The number of aliphatic hydroxyl groups excluding tert-OH is 4. The van der Waals surface area contributed by atoms with Crippen LogP contribution >= 0.6 is 31.9 Å². The third-order valence-electron chi connectivity index (χ3n) is 3.98. The normalized spacial score (nSPS) is 23.8. The molecular formula is C18H34Br2O10. The highest BCUT2D eigenvalue weighted by Gasteiger charge is 2.28. The van der Waals surface area contributed by atoms with Crippen molar-refractivity contribution in [3.8, 4) is 0 Å². The Bertz CT molecular complexity index is 365. The molecule has 0 saturated carbocycles. The van der Waals surface area contributed by atoms with Crippen LogP contribution in [0.4, 0.5) is 0 Å². The Balaban J connectivity index is 0.000000329. The lowest BCUT2D eigenvalue weighted by molar-refractivity contribution is -0.0916. The molecule has 2 heterocycles. The first-order valence-corrected chi connectivity index (χ1v) is 12.1. The zero-order valence-electron chi connectivity index (χ0n) is 16.9. The van der Waals surface area contributed by atoms with E-state index < -0.39 is 24.4 Å².